The number of anilines is 1. The molecular weight excluding hydrogens is 428 g/mol. The van der Waals surface area contributed by atoms with Crippen molar-refractivity contribution < 1.29 is 17.7 Å². The molecule has 1 aromatic carbocycles. The number of nitrogen functional groups attached to an aromatic ring is 1. The average Bonchev–Trinajstić information content (AvgIpc) is 2.76. The van der Waals surface area contributed by atoms with E-state index < -0.39 is 9.84 Å². The van der Waals surface area contributed by atoms with Gasteiger partial charge < -0.3 is 10.5 Å². The molecule has 0 bridgehead atoms. The second kappa shape index (κ2) is 8.33. The van der Waals surface area contributed by atoms with Crippen molar-refractivity contribution in [2.75, 3.05) is 19.5 Å². The Balaban J connectivity index is 2.06. The molecule has 0 aliphatic carbocycles. The first-order chi connectivity index (χ1) is 15.2. The number of methoxy groups -OCH3 is 1. The van der Waals surface area contributed by atoms with Crippen LogP contribution in [-0.4, -0.2) is 31.5 Å². The summed E-state index contributed by atoms with van der Waals surface area (Å²) in [7, 11) is -2.37. The summed E-state index contributed by atoms with van der Waals surface area (Å²) in [6, 6.07) is 11.5. The Morgan fingerprint density at radius 3 is 2.47 bits per heavy atom. The predicted molar refractivity (Wildman–Crippen MR) is 121 cm³/mol. The molecule has 4 aromatic rings. The quantitative estimate of drug-likeness (QED) is 0.272. The summed E-state index contributed by atoms with van der Waals surface area (Å²) in [6.45, 7) is 4.55. The lowest BCUT2D eigenvalue weighted by Gasteiger charge is -2.13. The zero-order valence-electron chi connectivity index (χ0n) is 18.2. The third-order valence-electron chi connectivity index (χ3n) is 5.41. The number of aromatic nitrogens is 3. The summed E-state index contributed by atoms with van der Waals surface area (Å²) in [5.41, 5.74) is 8.67. The van der Waals surface area contributed by atoms with Gasteiger partial charge in [0.05, 0.1) is 11.4 Å². The first-order valence-electron chi connectivity index (χ1n) is 10.2. The van der Waals surface area contributed by atoms with E-state index in [0.717, 1.165) is 11.1 Å². The lowest BCUT2D eigenvalue weighted by atomic mass is 10.2. The average molecular weight is 454 g/mol. The number of aryl methyl sites for hydroxylation is 3. The summed E-state index contributed by atoms with van der Waals surface area (Å²) in [5, 5.41) is 0.186. The van der Waals surface area contributed by atoms with Gasteiger partial charge in [-0.05, 0) is 43.7 Å². The van der Waals surface area contributed by atoms with Gasteiger partial charge in [-0.25, -0.2) is 13.0 Å². The molecule has 2 N–H and O–H groups in total. The number of ether oxygens (including phenoxy) is 1. The number of hydrogen-bond donors (Lipinski definition) is 1. The number of nitrogens with two attached hydrogens (primary N) is 1. The minimum Gasteiger partial charge on any atom is -0.385 e. The number of benzene rings is 1. The van der Waals surface area contributed by atoms with Crippen molar-refractivity contribution >= 4 is 32.3 Å². The lowest BCUT2D eigenvalue weighted by molar-refractivity contribution is -0.661. The third kappa shape index (κ3) is 3.74. The maximum atomic E-state index is 13.5. The molecule has 0 spiro atoms. The molecule has 4 rings (SSSR count). The number of fused-ring (bicyclic) bond motifs is 2. The minimum atomic E-state index is -3.96. The van der Waals surface area contributed by atoms with E-state index >= 15 is 0 Å². The molecule has 0 fully saturated rings. The van der Waals surface area contributed by atoms with Gasteiger partial charge in [0.25, 0.3) is 11.2 Å². The van der Waals surface area contributed by atoms with Crippen LogP contribution in [0.5, 0.6) is 0 Å². The lowest BCUT2D eigenvalue weighted by Crippen LogP contribution is -2.42. The molecule has 0 saturated carbocycles. The molecule has 0 aliphatic heterocycles. The van der Waals surface area contributed by atoms with Crippen LogP contribution in [0.4, 0.5) is 5.82 Å². The highest BCUT2D eigenvalue weighted by Crippen LogP contribution is 2.26. The molecule has 0 atom stereocenters. The fraction of sp³-hybridized carbons (Fsp3) is 0.261. The molecule has 3 heterocycles. The SMILES string of the molecule is COCCC[n+]1c(N)c(S(=O)(=O)c2ccc(C)cc2)cc2c(=O)n3cc(C)ccc3nc21. The van der Waals surface area contributed by atoms with Crippen molar-refractivity contribution in [2.45, 2.75) is 36.6 Å². The molecule has 0 radical (unpaired) electrons. The van der Waals surface area contributed by atoms with Crippen molar-refractivity contribution in [3.63, 3.8) is 0 Å². The maximum absolute atomic E-state index is 13.5. The zero-order chi connectivity index (χ0) is 23.0. The summed E-state index contributed by atoms with van der Waals surface area (Å²) < 4.78 is 35.1. The first kappa shape index (κ1) is 21.9. The van der Waals surface area contributed by atoms with Crippen molar-refractivity contribution in [1.29, 1.82) is 0 Å². The molecule has 3 aromatic heterocycles. The van der Waals surface area contributed by atoms with Crippen LogP contribution in [0.3, 0.4) is 0 Å². The Morgan fingerprint density at radius 1 is 1.09 bits per heavy atom. The van der Waals surface area contributed by atoms with Crippen LogP contribution in [0.1, 0.15) is 17.5 Å². The number of hydrogen-bond acceptors (Lipinski definition) is 6. The molecule has 9 heteroatoms. The standard InChI is InChI=1S/C23H24N4O4S/c1-15-5-8-17(9-6-15)32(29,30)19-13-18-22(26(21(19)24)11-4-12-31-3)25-20-10-7-16(2)14-27(20)23(18)28/h5-10,13-14,24H,4,11-12H2,1-3H3/p+1. The van der Waals surface area contributed by atoms with Gasteiger partial charge >= 0.3 is 0 Å². The van der Waals surface area contributed by atoms with Gasteiger partial charge in [0.2, 0.25) is 21.3 Å². The highest BCUT2D eigenvalue weighted by molar-refractivity contribution is 7.91. The summed E-state index contributed by atoms with van der Waals surface area (Å²) >= 11 is 0. The van der Waals surface area contributed by atoms with Crippen LogP contribution >= 0.6 is 0 Å². The summed E-state index contributed by atoms with van der Waals surface area (Å²) in [4.78, 5) is 18.0. The topological polar surface area (TPSA) is 108 Å². The highest BCUT2D eigenvalue weighted by Gasteiger charge is 2.29. The Kier molecular flexibility index (Phi) is 5.70. The van der Waals surface area contributed by atoms with Crippen LogP contribution in [0.15, 0.2) is 63.2 Å². The molecule has 0 unspecified atom stereocenters. The van der Waals surface area contributed by atoms with Gasteiger partial charge in [0.15, 0.2) is 0 Å². The number of pyridine rings is 2. The smallest absolute Gasteiger partial charge is 0.278 e. The summed E-state index contributed by atoms with van der Waals surface area (Å²) in [5.74, 6) is 0.0394. The molecule has 0 saturated heterocycles. The molecule has 32 heavy (non-hydrogen) atoms. The number of sulfone groups is 1. The van der Waals surface area contributed by atoms with Gasteiger partial charge in [-0.3, -0.25) is 9.20 Å². The number of nitrogens with zero attached hydrogens (tertiary/aromatic N) is 3. The molecule has 0 aliphatic rings. The second-order valence-electron chi connectivity index (χ2n) is 7.80. The van der Waals surface area contributed by atoms with E-state index in [1.807, 2.05) is 19.9 Å². The predicted octanol–water partition coefficient (Wildman–Crippen LogP) is 2.20. The van der Waals surface area contributed by atoms with Gasteiger partial charge in [0.1, 0.15) is 10.3 Å². The van der Waals surface area contributed by atoms with Gasteiger partial charge in [-0.2, -0.15) is 0 Å². The van der Waals surface area contributed by atoms with Crippen LogP contribution in [0.2, 0.25) is 0 Å². The molecule has 166 valence electrons. The van der Waals surface area contributed by atoms with E-state index in [2.05, 4.69) is 4.98 Å². The zero-order valence-corrected chi connectivity index (χ0v) is 19.0. The van der Waals surface area contributed by atoms with Crippen LogP contribution < -0.4 is 15.9 Å². The molecule has 8 nitrogen and oxygen atoms in total. The fourth-order valence-corrected chi connectivity index (χ4v) is 5.09. The van der Waals surface area contributed by atoms with Crippen molar-refractivity contribution in [3.8, 4) is 0 Å². The van der Waals surface area contributed by atoms with Crippen LogP contribution in [0, 0.1) is 13.8 Å². The highest BCUT2D eigenvalue weighted by atomic mass is 32.2. The van der Waals surface area contributed by atoms with Crippen molar-refractivity contribution in [2.24, 2.45) is 0 Å². The molecular formula is C23H25N4O4S+. The Labute approximate surface area is 185 Å². The van der Waals surface area contributed by atoms with Gasteiger partial charge in [-0.1, -0.05) is 28.7 Å². The largest absolute Gasteiger partial charge is 0.385 e. The van der Waals surface area contributed by atoms with Gasteiger partial charge in [0, 0.05) is 26.3 Å². The van der Waals surface area contributed by atoms with E-state index in [4.69, 9.17) is 10.5 Å². The monoisotopic (exact) mass is 453 g/mol. The second-order valence-corrected chi connectivity index (χ2v) is 9.72. The van der Waals surface area contributed by atoms with E-state index in [1.165, 1.54) is 10.5 Å². The maximum Gasteiger partial charge on any atom is 0.278 e. The minimum absolute atomic E-state index is 0.0394. The van der Waals surface area contributed by atoms with Crippen LogP contribution in [0.25, 0.3) is 16.7 Å². The van der Waals surface area contributed by atoms with E-state index in [-0.39, 0.29) is 26.6 Å². The first-order valence-corrected chi connectivity index (χ1v) is 11.7. The van der Waals surface area contributed by atoms with E-state index in [0.29, 0.717) is 30.9 Å². The Bertz CT molecular complexity index is 1490. The normalized spacial score (nSPS) is 12.0. The van der Waals surface area contributed by atoms with Crippen molar-refractivity contribution in [3.05, 3.63) is 70.1 Å². The summed E-state index contributed by atoms with van der Waals surface area (Å²) in [6.07, 6.45) is 2.26. The van der Waals surface area contributed by atoms with Gasteiger partial charge in [-0.15, -0.1) is 0 Å². The van der Waals surface area contributed by atoms with Crippen LogP contribution in [-0.2, 0) is 21.1 Å². The van der Waals surface area contributed by atoms with E-state index in [1.54, 1.807) is 48.2 Å². The Hall–Kier alpha value is -3.30. The fourth-order valence-electron chi connectivity index (χ4n) is 3.68. The Morgan fingerprint density at radius 2 is 1.78 bits per heavy atom. The number of rotatable bonds is 6. The van der Waals surface area contributed by atoms with Crippen molar-refractivity contribution in [1.82, 2.24) is 9.38 Å². The molecule has 0 amide bonds. The van der Waals surface area contributed by atoms with E-state index in [9.17, 15) is 13.2 Å². The third-order valence-corrected chi connectivity index (χ3v) is 7.21.